The number of hydrogen-bond acceptors (Lipinski definition) is 2. The molecule has 0 aliphatic rings. The summed E-state index contributed by atoms with van der Waals surface area (Å²) in [6.07, 6.45) is 0.871. The quantitative estimate of drug-likeness (QED) is 0.765. The fourth-order valence-corrected chi connectivity index (χ4v) is 1.85. The maximum absolute atomic E-state index is 5.58. The van der Waals surface area contributed by atoms with Gasteiger partial charge in [0.25, 0.3) is 0 Å². The number of rotatable bonds is 5. The van der Waals surface area contributed by atoms with E-state index in [-0.39, 0.29) is 5.60 Å². The lowest BCUT2D eigenvalue weighted by Crippen LogP contribution is -2.28. The second-order valence-electron chi connectivity index (χ2n) is 4.12. The van der Waals surface area contributed by atoms with Crippen molar-refractivity contribution in [3.8, 4) is 0 Å². The molecule has 0 aliphatic carbocycles. The first kappa shape index (κ1) is 12.7. The number of halogens is 1. The van der Waals surface area contributed by atoms with Gasteiger partial charge in [0, 0.05) is 18.0 Å². The Balaban J connectivity index is 2.60. The summed E-state index contributed by atoms with van der Waals surface area (Å²) in [4.78, 5) is 0. The van der Waals surface area contributed by atoms with Gasteiger partial charge in [0.15, 0.2) is 0 Å². The molecule has 84 valence electrons. The van der Waals surface area contributed by atoms with Gasteiger partial charge in [-0.05, 0) is 31.5 Å². The lowest BCUT2D eigenvalue weighted by atomic mass is 9.99. The second-order valence-corrected chi connectivity index (χ2v) is 5.03. The molecule has 0 spiro atoms. The molecule has 0 radical (unpaired) electrons. The van der Waals surface area contributed by atoms with E-state index in [1.54, 1.807) is 7.11 Å². The Morgan fingerprint density at radius 2 is 2.07 bits per heavy atom. The molecule has 0 amide bonds. The van der Waals surface area contributed by atoms with Crippen molar-refractivity contribution < 1.29 is 9.47 Å². The summed E-state index contributed by atoms with van der Waals surface area (Å²) in [6, 6.07) is 8.26. The Morgan fingerprint density at radius 1 is 1.33 bits per heavy atom. The third-order valence-corrected chi connectivity index (χ3v) is 2.58. The first-order valence-electron chi connectivity index (χ1n) is 4.91. The summed E-state index contributed by atoms with van der Waals surface area (Å²) < 4.78 is 11.6. The third kappa shape index (κ3) is 4.78. The van der Waals surface area contributed by atoms with Gasteiger partial charge in [-0.25, -0.2) is 0 Å². The molecule has 2 nitrogen and oxygen atoms in total. The molecule has 0 fully saturated rings. The Labute approximate surface area is 99.7 Å². The topological polar surface area (TPSA) is 18.5 Å². The van der Waals surface area contributed by atoms with E-state index < -0.39 is 0 Å². The van der Waals surface area contributed by atoms with Gasteiger partial charge in [-0.1, -0.05) is 28.1 Å². The van der Waals surface area contributed by atoms with E-state index in [1.807, 2.05) is 12.1 Å². The molecule has 0 atom stereocenters. The van der Waals surface area contributed by atoms with Crippen LogP contribution >= 0.6 is 15.9 Å². The van der Waals surface area contributed by atoms with Crippen molar-refractivity contribution in [2.45, 2.75) is 25.9 Å². The normalized spacial score (nSPS) is 11.7. The van der Waals surface area contributed by atoms with E-state index in [4.69, 9.17) is 9.47 Å². The molecule has 0 bridgehead atoms. The molecule has 3 heteroatoms. The van der Waals surface area contributed by atoms with Crippen LogP contribution in [0.2, 0.25) is 0 Å². The number of benzene rings is 1. The molecule has 0 heterocycles. The van der Waals surface area contributed by atoms with Gasteiger partial charge in [0.2, 0.25) is 0 Å². The summed E-state index contributed by atoms with van der Waals surface area (Å²) in [5.41, 5.74) is 1.06. The van der Waals surface area contributed by atoms with Gasteiger partial charge < -0.3 is 9.47 Å². The van der Waals surface area contributed by atoms with E-state index in [1.165, 1.54) is 5.56 Å². The maximum atomic E-state index is 5.58. The molecule has 1 rings (SSSR count). The van der Waals surface area contributed by atoms with Gasteiger partial charge in [-0.2, -0.15) is 0 Å². The summed E-state index contributed by atoms with van der Waals surface area (Å²) in [6.45, 7) is 4.46. The lowest BCUT2D eigenvalue weighted by Gasteiger charge is -2.24. The molecule has 0 aliphatic heterocycles. The standard InChI is InChI=1S/C12H17BrO2/c1-12(2,15-9-14-3)8-10-5-4-6-11(13)7-10/h4-7H,8-9H2,1-3H3. The predicted molar refractivity (Wildman–Crippen MR) is 64.9 cm³/mol. The Bertz CT molecular complexity index is 310. The number of methoxy groups -OCH3 is 1. The lowest BCUT2D eigenvalue weighted by molar-refractivity contribution is -0.113. The van der Waals surface area contributed by atoms with Crippen molar-refractivity contribution >= 4 is 15.9 Å². The highest BCUT2D eigenvalue weighted by Gasteiger charge is 2.18. The fraction of sp³-hybridized carbons (Fsp3) is 0.500. The van der Waals surface area contributed by atoms with Crippen LogP contribution in [0.1, 0.15) is 19.4 Å². The minimum Gasteiger partial charge on any atom is -0.359 e. The first-order valence-corrected chi connectivity index (χ1v) is 5.70. The van der Waals surface area contributed by atoms with Crippen molar-refractivity contribution in [3.05, 3.63) is 34.3 Å². The molecule has 1 aromatic rings. The zero-order valence-electron chi connectivity index (χ0n) is 9.42. The van der Waals surface area contributed by atoms with Crippen LogP contribution in [-0.2, 0) is 15.9 Å². The number of ether oxygens (including phenoxy) is 2. The summed E-state index contributed by atoms with van der Waals surface area (Å²) in [5, 5.41) is 0. The molecular formula is C12H17BrO2. The van der Waals surface area contributed by atoms with Crippen LogP contribution in [0.25, 0.3) is 0 Å². The minimum absolute atomic E-state index is 0.198. The monoisotopic (exact) mass is 272 g/mol. The van der Waals surface area contributed by atoms with E-state index >= 15 is 0 Å². The van der Waals surface area contributed by atoms with E-state index in [0.717, 1.165) is 10.9 Å². The largest absolute Gasteiger partial charge is 0.359 e. The zero-order valence-corrected chi connectivity index (χ0v) is 11.0. The Hall–Kier alpha value is -0.380. The Kier molecular flexibility index (Phi) is 4.77. The van der Waals surface area contributed by atoms with E-state index in [9.17, 15) is 0 Å². The van der Waals surface area contributed by atoms with Gasteiger partial charge in [0.1, 0.15) is 6.79 Å². The van der Waals surface area contributed by atoms with Crippen molar-refractivity contribution in [2.24, 2.45) is 0 Å². The van der Waals surface area contributed by atoms with Crippen LogP contribution in [0.3, 0.4) is 0 Å². The molecule has 0 unspecified atom stereocenters. The highest BCUT2D eigenvalue weighted by molar-refractivity contribution is 9.10. The summed E-state index contributed by atoms with van der Waals surface area (Å²) in [5.74, 6) is 0. The van der Waals surface area contributed by atoms with Crippen LogP contribution in [0.5, 0.6) is 0 Å². The van der Waals surface area contributed by atoms with Gasteiger partial charge >= 0.3 is 0 Å². The average Bonchev–Trinajstić information content (AvgIpc) is 2.14. The van der Waals surface area contributed by atoms with Crippen LogP contribution in [0.15, 0.2) is 28.7 Å². The summed E-state index contributed by atoms with van der Waals surface area (Å²) >= 11 is 3.46. The maximum Gasteiger partial charge on any atom is 0.147 e. The van der Waals surface area contributed by atoms with Crippen LogP contribution < -0.4 is 0 Å². The van der Waals surface area contributed by atoms with Gasteiger partial charge in [-0.3, -0.25) is 0 Å². The smallest absolute Gasteiger partial charge is 0.147 e. The molecule has 1 aromatic carbocycles. The molecular weight excluding hydrogens is 256 g/mol. The van der Waals surface area contributed by atoms with Crippen molar-refractivity contribution in [2.75, 3.05) is 13.9 Å². The van der Waals surface area contributed by atoms with Crippen molar-refractivity contribution in [1.29, 1.82) is 0 Å². The van der Waals surface area contributed by atoms with Crippen molar-refractivity contribution in [1.82, 2.24) is 0 Å². The van der Waals surface area contributed by atoms with E-state index in [0.29, 0.717) is 6.79 Å². The van der Waals surface area contributed by atoms with Crippen molar-refractivity contribution in [3.63, 3.8) is 0 Å². The minimum atomic E-state index is -0.198. The molecule has 0 aromatic heterocycles. The highest BCUT2D eigenvalue weighted by Crippen LogP contribution is 2.19. The second kappa shape index (κ2) is 5.64. The first-order chi connectivity index (χ1) is 7.03. The average molecular weight is 273 g/mol. The summed E-state index contributed by atoms with van der Waals surface area (Å²) in [7, 11) is 1.63. The van der Waals surface area contributed by atoms with Gasteiger partial charge in [-0.15, -0.1) is 0 Å². The van der Waals surface area contributed by atoms with Crippen LogP contribution in [0.4, 0.5) is 0 Å². The fourth-order valence-electron chi connectivity index (χ4n) is 1.41. The predicted octanol–water partition coefficient (Wildman–Crippen LogP) is 3.39. The SMILES string of the molecule is COCOC(C)(C)Cc1cccc(Br)c1. The molecule has 0 saturated heterocycles. The number of hydrogen-bond donors (Lipinski definition) is 0. The van der Waals surface area contributed by atoms with Crippen LogP contribution in [-0.4, -0.2) is 19.5 Å². The van der Waals surface area contributed by atoms with Crippen LogP contribution in [0, 0.1) is 0 Å². The highest BCUT2D eigenvalue weighted by atomic mass is 79.9. The molecule has 15 heavy (non-hydrogen) atoms. The zero-order chi connectivity index (χ0) is 11.3. The van der Waals surface area contributed by atoms with E-state index in [2.05, 4.69) is 41.9 Å². The molecule has 0 N–H and O–H groups in total. The molecule has 0 saturated carbocycles. The Morgan fingerprint density at radius 3 is 2.67 bits per heavy atom. The van der Waals surface area contributed by atoms with Gasteiger partial charge in [0.05, 0.1) is 5.60 Å². The third-order valence-electron chi connectivity index (χ3n) is 2.09.